The number of anilines is 1. The molecule has 0 unspecified atom stereocenters. The van der Waals surface area contributed by atoms with Gasteiger partial charge in [-0.2, -0.15) is 0 Å². The molecule has 1 heterocycles. The summed E-state index contributed by atoms with van der Waals surface area (Å²) in [6.07, 6.45) is 0. The van der Waals surface area contributed by atoms with Gasteiger partial charge in [0, 0.05) is 5.56 Å². The molecule has 1 aromatic heterocycles. The quantitative estimate of drug-likeness (QED) is 0.808. The molecule has 2 aromatic rings. The van der Waals surface area contributed by atoms with Gasteiger partial charge < -0.3 is 10.7 Å². The predicted molar refractivity (Wildman–Crippen MR) is 67.3 cm³/mol. The third kappa shape index (κ3) is 1.81. The number of aromatic amines is 1. The summed E-state index contributed by atoms with van der Waals surface area (Å²) in [5, 5.41) is 0. The molecule has 0 fully saturated rings. The molecule has 0 aliphatic carbocycles. The van der Waals surface area contributed by atoms with Gasteiger partial charge in [0.1, 0.15) is 11.6 Å². The summed E-state index contributed by atoms with van der Waals surface area (Å²) < 4.78 is 0. The molecule has 3 heteroatoms. The molecule has 0 aliphatic heterocycles. The van der Waals surface area contributed by atoms with Gasteiger partial charge in [0.05, 0.1) is 5.69 Å². The van der Waals surface area contributed by atoms with E-state index >= 15 is 0 Å². The minimum absolute atomic E-state index is 0.366. The molecule has 0 radical (unpaired) electrons. The highest BCUT2D eigenvalue weighted by molar-refractivity contribution is 5.63. The largest absolute Gasteiger partial charge is 0.382 e. The molecule has 16 heavy (non-hydrogen) atoms. The molecule has 0 aliphatic rings. The highest BCUT2D eigenvalue weighted by Gasteiger charge is 2.12. The van der Waals surface area contributed by atoms with Crippen LogP contribution in [-0.2, 0) is 0 Å². The summed E-state index contributed by atoms with van der Waals surface area (Å²) in [5.74, 6) is 1.83. The molecule has 84 valence electrons. The maximum Gasteiger partial charge on any atom is 0.145 e. The molecule has 1 aromatic carbocycles. The normalized spacial score (nSPS) is 11.0. The minimum atomic E-state index is 0.366. The Labute approximate surface area is 95.7 Å². The Morgan fingerprint density at radius 1 is 1.25 bits per heavy atom. The first-order chi connectivity index (χ1) is 7.59. The molecule has 0 amide bonds. The van der Waals surface area contributed by atoms with Crippen LogP contribution >= 0.6 is 0 Å². The number of benzene rings is 1. The number of nitrogen functional groups attached to an aromatic ring is 1. The van der Waals surface area contributed by atoms with Crippen LogP contribution in [0.25, 0.3) is 11.4 Å². The van der Waals surface area contributed by atoms with Gasteiger partial charge >= 0.3 is 0 Å². The topological polar surface area (TPSA) is 54.7 Å². The number of H-pyrrole nitrogens is 1. The van der Waals surface area contributed by atoms with E-state index < -0.39 is 0 Å². The summed E-state index contributed by atoms with van der Waals surface area (Å²) in [6, 6.07) is 8.16. The van der Waals surface area contributed by atoms with Gasteiger partial charge in [-0.05, 0) is 18.4 Å². The molecule has 0 bridgehead atoms. The first kappa shape index (κ1) is 10.7. The van der Waals surface area contributed by atoms with E-state index in [9.17, 15) is 0 Å². The molecule has 2 rings (SSSR count). The monoisotopic (exact) mass is 215 g/mol. The number of hydrogen-bond donors (Lipinski definition) is 2. The number of rotatable bonds is 2. The van der Waals surface area contributed by atoms with Crippen molar-refractivity contribution < 1.29 is 0 Å². The van der Waals surface area contributed by atoms with Gasteiger partial charge in [-0.15, -0.1) is 0 Å². The van der Waals surface area contributed by atoms with Gasteiger partial charge in [0.15, 0.2) is 0 Å². The Kier molecular flexibility index (Phi) is 2.69. The Bertz CT molecular complexity index is 498. The summed E-state index contributed by atoms with van der Waals surface area (Å²) in [6.45, 7) is 6.28. The molecule has 0 atom stereocenters. The van der Waals surface area contributed by atoms with Crippen LogP contribution in [0.1, 0.15) is 31.0 Å². The van der Waals surface area contributed by atoms with E-state index in [1.807, 2.05) is 12.1 Å². The van der Waals surface area contributed by atoms with Gasteiger partial charge in [-0.3, -0.25) is 0 Å². The lowest BCUT2D eigenvalue weighted by molar-refractivity contribution is 0.836. The average Bonchev–Trinajstić information content (AvgIpc) is 2.61. The second-order valence-corrected chi connectivity index (χ2v) is 4.35. The lowest BCUT2D eigenvalue weighted by Crippen LogP contribution is -1.94. The maximum atomic E-state index is 5.89. The Balaban J connectivity index is 2.50. The van der Waals surface area contributed by atoms with Crippen molar-refractivity contribution in [2.75, 3.05) is 5.73 Å². The van der Waals surface area contributed by atoms with Crippen LogP contribution in [0, 0.1) is 6.92 Å². The highest BCUT2D eigenvalue weighted by Crippen LogP contribution is 2.26. The van der Waals surface area contributed by atoms with Crippen LogP contribution in [-0.4, -0.2) is 9.97 Å². The molecule has 0 spiro atoms. The SMILES string of the molecule is Cc1ccccc1-c1nc(N)c(C(C)C)[nH]1. The summed E-state index contributed by atoms with van der Waals surface area (Å²) >= 11 is 0. The Morgan fingerprint density at radius 3 is 2.50 bits per heavy atom. The van der Waals surface area contributed by atoms with Crippen LogP contribution in [0.3, 0.4) is 0 Å². The number of aromatic nitrogens is 2. The molecule has 0 saturated carbocycles. The van der Waals surface area contributed by atoms with E-state index in [0.717, 1.165) is 17.1 Å². The van der Waals surface area contributed by atoms with Crippen molar-refractivity contribution in [2.24, 2.45) is 0 Å². The van der Waals surface area contributed by atoms with E-state index in [-0.39, 0.29) is 0 Å². The second-order valence-electron chi connectivity index (χ2n) is 4.35. The third-order valence-corrected chi connectivity index (χ3v) is 2.74. The smallest absolute Gasteiger partial charge is 0.145 e. The average molecular weight is 215 g/mol. The van der Waals surface area contributed by atoms with Gasteiger partial charge in [-0.1, -0.05) is 38.1 Å². The maximum absolute atomic E-state index is 5.89. The van der Waals surface area contributed by atoms with Crippen molar-refractivity contribution in [3.05, 3.63) is 35.5 Å². The van der Waals surface area contributed by atoms with Gasteiger partial charge in [0.2, 0.25) is 0 Å². The fourth-order valence-electron chi connectivity index (χ4n) is 1.81. The number of hydrogen-bond acceptors (Lipinski definition) is 2. The van der Waals surface area contributed by atoms with Crippen molar-refractivity contribution in [1.82, 2.24) is 9.97 Å². The van der Waals surface area contributed by atoms with Crippen molar-refractivity contribution >= 4 is 5.82 Å². The second kappa shape index (κ2) is 4.00. The van der Waals surface area contributed by atoms with Gasteiger partial charge in [-0.25, -0.2) is 4.98 Å². The highest BCUT2D eigenvalue weighted by atomic mass is 15.0. The minimum Gasteiger partial charge on any atom is -0.382 e. The van der Waals surface area contributed by atoms with Crippen LogP contribution in [0.2, 0.25) is 0 Å². The van der Waals surface area contributed by atoms with Crippen LogP contribution < -0.4 is 5.73 Å². The number of imidazole rings is 1. The van der Waals surface area contributed by atoms with E-state index in [1.54, 1.807) is 0 Å². The Morgan fingerprint density at radius 2 is 1.94 bits per heavy atom. The molecule has 3 nitrogen and oxygen atoms in total. The van der Waals surface area contributed by atoms with Gasteiger partial charge in [0.25, 0.3) is 0 Å². The van der Waals surface area contributed by atoms with Crippen LogP contribution in [0.15, 0.2) is 24.3 Å². The zero-order valence-electron chi connectivity index (χ0n) is 9.91. The fraction of sp³-hybridized carbons (Fsp3) is 0.308. The number of aryl methyl sites for hydroxylation is 1. The fourth-order valence-corrected chi connectivity index (χ4v) is 1.81. The lowest BCUT2D eigenvalue weighted by Gasteiger charge is -2.02. The Hall–Kier alpha value is -1.77. The van der Waals surface area contributed by atoms with Crippen molar-refractivity contribution in [3.8, 4) is 11.4 Å². The molecular formula is C13H17N3. The zero-order chi connectivity index (χ0) is 11.7. The summed E-state index contributed by atoms with van der Waals surface area (Å²) in [4.78, 5) is 7.69. The van der Waals surface area contributed by atoms with Crippen molar-refractivity contribution in [3.63, 3.8) is 0 Å². The number of nitrogens with one attached hydrogen (secondary N) is 1. The summed E-state index contributed by atoms with van der Waals surface area (Å²) in [5.41, 5.74) is 9.21. The van der Waals surface area contributed by atoms with Crippen LogP contribution in [0.4, 0.5) is 5.82 Å². The standard InChI is InChI=1S/C13H17N3/c1-8(2)11-12(14)16-13(15-11)10-7-5-4-6-9(10)3/h4-8H,14H2,1-3H3,(H,15,16). The van der Waals surface area contributed by atoms with E-state index in [0.29, 0.717) is 11.7 Å². The summed E-state index contributed by atoms with van der Waals surface area (Å²) in [7, 11) is 0. The first-order valence-electron chi connectivity index (χ1n) is 5.51. The number of nitrogens with zero attached hydrogens (tertiary/aromatic N) is 1. The van der Waals surface area contributed by atoms with E-state index in [1.165, 1.54) is 5.56 Å². The van der Waals surface area contributed by atoms with Crippen molar-refractivity contribution in [1.29, 1.82) is 0 Å². The third-order valence-electron chi connectivity index (χ3n) is 2.74. The van der Waals surface area contributed by atoms with E-state index in [2.05, 4.69) is 42.9 Å². The first-order valence-corrected chi connectivity index (χ1v) is 5.51. The molecular weight excluding hydrogens is 198 g/mol. The predicted octanol–water partition coefficient (Wildman–Crippen LogP) is 3.09. The molecule has 0 saturated heterocycles. The van der Waals surface area contributed by atoms with Crippen LogP contribution in [0.5, 0.6) is 0 Å². The van der Waals surface area contributed by atoms with E-state index in [4.69, 9.17) is 5.73 Å². The zero-order valence-corrected chi connectivity index (χ0v) is 9.91. The number of nitrogens with two attached hydrogens (primary N) is 1. The van der Waals surface area contributed by atoms with Crippen molar-refractivity contribution in [2.45, 2.75) is 26.7 Å². The lowest BCUT2D eigenvalue weighted by atomic mass is 10.1. The molecule has 3 N–H and O–H groups in total.